The number of ether oxygens (including phenoxy) is 1. The van der Waals surface area contributed by atoms with Crippen molar-refractivity contribution in [2.45, 2.75) is 26.6 Å². The molecule has 0 aliphatic carbocycles. The van der Waals surface area contributed by atoms with Crippen LogP contribution in [-0.4, -0.2) is 15.1 Å². The highest BCUT2D eigenvalue weighted by atomic mass is 79.9. The molecule has 2 aromatic carbocycles. The fourth-order valence-corrected chi connectivity index (χ4v) is 3.80. The first-order valence-corrected chi connectivity index (χ1v) is 10.3. The van der Waals surface area contributed by atoms with Gasteiger partial charge in [0.2, 0.25) is 0 Å². The van der Waals surface area contributed by atoms with Gasteiger partial charge in [0.1, 0.15) is 18.7 Å². The van der Waals surface area contributed by atoms with E-state index in [0.29, 0.717) is 27.4 Å². The molecule has 158 valence electrons. The van der Waals surface area contributed by atoms with Crippen LogP contribution in [-0.2, 0) is 29.2 Å². The summed E-state index contributed by atoms with van der Waals surface area (Å²) in [6.45, 7) is 1.33. The second-order valence-electron chi connectivity index (χ2n) is 6.83. The molecule has 0 radical (unpaired) electrons. The van der Waals surface area contributed by atoms with Crippen LogP contribution in [0.5, 0.6) is 0 Å². The number of fused-ring (bicyclic) bond motifs is 2. The fourth-order valence-electron chi connectivity index (χ4n) is 3.46. The third-order valence-corrected chi connectivity index (χ3v) is 5.41. The SMILES string of the molecule is CCn1c(=O)c2ccccc2n(CC(=O)OCc2cc(=O)oc3cc(Br)ccc23)c1=O. The van der Waals surface area contributed by atoms with Crippen molar-refractivity contribution in [2.24, 2.45) is 0 Å². The number of para-hydroxylation sites is 1. The highest BCUT2D eigenvalue weighted by molar-refractivity contribution is 9.10. The molecule has 0 aliphatic rings. The maximum Gasteiger partial charge on any atom is 0.336 e. The predicted molar refractivity (Wildman–Crippen MR) is 118 cm³/mol. The second-order valence-corrected chi connectivity index (χ2v) is 7.74. The number of carbonyl (C=O) groups excluding carboxylic acids is 1. The van der Waals surface area contributed by atoms with Crippen molar-refractivity contribution in [1.29, 1.82) is 0 Å². The summed E-state index contributed by atoms with van der Waals surface area (Å²) >= 11 is 3.32. The van der Waals surface area contributed by atoms with E-state index in [9.17, 15) is 19.2 Å². The molecule has 9 heteroatoms. The second kappa shape index (κ2) is 8.35. The van der Waals surface area contributed by atoms with Crippen molar-refractivity contribution in [3.8, 4) is 0 Å². The van der Waals surface area contributed by atoms with Gasteiger partial charge in [-0.3, -0.25) is 18.7 Å². The van der Waals surface area contributed by atoms with Gasteiger partial charge in [-0.25, -0.2) is 9.59 Å². The average Bonchev–Trinajstić information content (AvgIpc) is 2.75. The molecule has 0 unspecified atom stereocenters. The minimum atomic E-state index is -0.674. The number of hydrogen-bond donors (Lipinski definition) is 0. The molecule has 0 N–H and O–H groups in total. The summed E-state index contributed by atoms with van der Waals surface area (Å²) in [5.41, 5.74) is -0.336. The van der Waals surface area contributed by atoms with Crippen molar-refractivity contribution in [2.75, 3.05) is 0 Å². The molecule has 0 aliphatic heterocycles. The van der Waals surface area contributed by atoms with Crippen molar-refractivity contribution < 1.29 is 13.9 Å². The number of esters is 1. The quantitative estimate of drug-likeness (QED) is 0.319. The summed E-state index contributed by atoms with van der Waals surface area (Å²) in [5.74, 6) is -0.674. The lowest BCUT2D eigenvalue weighted by molar-refractivity contribution is -0.145. The molecule has 8 nitrogen and oxygen atoms in total. The van der Waals surface area contributed by atoms with Gasteiger partial charge in [-0.2, -0.15) is 0 Å². The number of halogens is 1. The molecular weight excluding hydrogens is 468 g/mol. The molecule has 0 bridgehead atoms. The predicted octanol–water partition coefficient (Wildman–Crippen LogP) is 2.80. The highest BCUT2D eigenvalue weighted by Gasteiger charge is 2.16. The average molecular weight is 485 g/mol. The molecule has 0 amide bonds. The summed E-state index contributed by atoms with van der Waals surface area (Å²) in [5, 5.41) is 0.978. The van der Waals surface area contributed by atoms with Crippen LogP contribution in [0.25, 0.3) is 21.9 Å². The minimum absolute atomic E-state index is 0.164. The summed E-state index contributed by atoms with van der Waals surface area (Å²) in [6.07, 6.45) is 0. The van der Waals surface area contributed by atoms with E-state index in [2.05, 4.69) is 15.9 Å². The Kier molecular flexibility index (Phi) is 5.60. The van der Waals surface area contributed by atoms with Crippen molar-refractivity contribution in [3.05, 3.63) is 89.8 Å². The van der Waals surface area contributed by atoms with Gasteiger partial charge in [-0.1, -0.05) is 28.1 Å². The maximum atomic E-state index is 12.8. The summed E-state index contributed by atoms with van der Waals surface area (Å²) in [4.78, 5) is 49.7. The Bertz CT molecular complexity index is 1500. The number of nitrogens with zero attached hydrogens (tertiary/aromatic N) is 2. The van der Waals surface area contributed by atoms with Gasteiger partial charge < -0.3 is 9.15 Å². The van der Waals surface area contributed by atoms with Gasteiger partial charge in [0.15, 0.2) is 0 Å². The summed E-state index contributed by atoms with van der Waals surface area (Å²) < 4.78 is 13.6. The van der Waals surface area contributed by atoms with Crippen LogP contribution < -0.4 is 16.9 Å². The molecule has 4 rings (SSSR count). The van der Waals surface area contributed by atoms with Crippen molar-refractivity contribution in [1.82, 2.24) is 9.13 Å². The first kappa shape index (κ1) is 20.8. The zero-order valence-corrected chi connectivity index (χ0v) is 18.0. The highest BCUT2D eigenvalue weighted by Crippen LogP contribution is 2.22. The number of rotatable bonds is 5. The molecule has 0 saturated carbocycles. The third kappa shape index (κ3) is 3.96. The van der Waals surface area contributed by atoms with Crippen molar-refractivity contribution in [3.63, 3.8) is 0 Å². The van der Waals surface area contributed by atoms with Crippen LogP contribution in [0.2, 0.25) is 0 Å². The molecule has 4 aromatic rings. The maximum absolute atomic E-state index is 12.8. The topological polar surface area (TPSA) is 101 Å². The zero-order chi connectivity index (χ0) is 22.1. The Labute approximate surface area is 183 Å². The third-order valence-electron chi connectivity index (χ3n) is 4.92. The largest absolute Gasteiger partial charge is 0.459 e. The van der Waals surface area contributed by atoms with Crippen LogP contribution in [0, 0.1) is 0 Å². The molecule has 0 atom stereocenters. The van der Waals surface area contributed by atoms with Gasteiger partial charge in [0, 0.05) is 28.0 Å². The van der Waals surface area contributed by atoms with Gasteiger partial charge in [0.05, 0.1) is 10.9 Å². The lowest BCUT2D eigenvalue weighted by Crippen LogP contribution is -2.40. The Morgan fingerprint density at radius 1 is 1.03 bits per heavy atom. The zero-order valence-electron chi connectivity index (χ0n) is 16.5. The smallest absolute Gasteiger partial charge is 0.336 e. The number of hydrogen-bond acceptors (Lipinski definition) is 6. The van der Waals surface area contributed by atoms with Gasteiger partial charge in [-0.05, 0) is 37.3 Å². The summed E-state index contributed by atoms with van der Waals surface area (Å²) in [7, 11) is 0. The van der Waals surface area contributed by atoms with E-state index in [0.717, 1.165) is 9.04 Å². The molecule has 0 fully saturated rings. The molecule has 31 heavy (non-hydrogen) atoms. The van der Waals surface area contributed by atoms with E-state index in [1.807, 2.05) is 0 Å². The van der Waals surface area contributed by atoms with E-state index in [4.69, 9.17) is 9.15 Å². The van der Waals surface area contributed by atoms with Crippen LogP contribution >= 0.6 is 15.9 Å². The number of benzene rings is 2. The van der Waals surface area contributed by atoms with Crippen LogP contribution in [0.3, 0.4) is 0 Å². The first-order chi connectivity index (χ1) is 14.9. The monoisotopic (exact) mass is 484 g/mol. The number of carbonyl (C=O) groups is 1. The standard InChI is InChI=1S/C22H17BrN2O6/c1-2-24-21(28)16-5-3-4-6-17(16)25(22(24)29)11-20(27)30-12-13-9-19(26)31-18-10-14(23)7-8-15(13)18/h3-10H,2,11-12H2,1H3. The minimum Gasteiger partial charge on any atom is -0.459 e. The molecule has 2 heterocycles. The normalized spacial score (nSPS) is 11.2. The lowest BCUT2D eigenvalue weighted by Gasteiger charge is -2.13. The molecular formula is C22H17BrN2O6. The first-order valence-electron chi connectivity index (χ1n) is 9.49. The van der Waals surface area contributed by atoms with Crippen LogP contribution in [0.15, 0.2) is 71.8 Å². The van der Waals surface area contributed by atoms with Gasteiger partial charge >= 0.3 is 17.3 Å². The van der Waals surface area contributed by atoms with E-state index < -0.39 is 22.8 Å². The lowest BCUT2D eigenvalue weighted by atomic mass is 10.1. The van der Waals surface area contributed by atoms with E-state index in [-0.39, 0.29) is 19.7 Å². The Morgan fingerprint density at radius 3 is 2.58 bits per heavy atom. The van der Waals surface area contributed by atoms with E-state index in [1.54, 1.807) is 49.4 Å². The molecule has 2 aromatic heterocycles. The summed E-state index contributed by atoms with van der Waals surface area (Å²) in [6, 6.07) is 13.1. The Balaban J connectivity index is 1.65. The van der Waals surface area contributed by atoms with E-state index in [1.165, 1.54) is 10.6 Å². The molecule has 0 saturated heterocycles. The number of aromatic nitrogens is 2. The Hall–Kier alpha value is -3.46. The van der Waals surface area contributed by atoms with Gasteiger partial charge in [0.25, 0.3) is 5.56 Å². The van der Waals surface area contributed by atoms with Gasteiger partial charge in [-0.15, -0.1) is 0 Å². The Morgan fingerprint density at radius 2 is 1.81 bits per heavy atom. The van der Waals surface area contributed by atoms with E-state index >= 15 is 0 Å². The van der Waals surface area contributed by atoms with Crippen LogP contribution in [0.1, 0.15) is 12.5 Å². The molecule has 0 spiro atoms. The van der Waals surface area contributed by atoms with Crippen molar-refractivity contribution >= 4 is 43.8 Å². The van der Waals surface area contributed by atoms with Crippen LogP contribution in [0.4, 0.5) is 0 Å². The fraction of sp³-hybridized carbons (Fsp3) is 0.182.